The van der Waals surface area contributed by atoms with Crippen molar-refractivity contribution in [2.24, 2.45) is 0 Å². The number of nitrogens with one attached hydrogen (secondary N) is 1. The summed E-state index contributed by atoms with van der Waals surface area (Å²) >= 11 is 19.9. The van der Waals surface area contributed by atoms with E-state index in [1.54, 1.807) is 6.07 Å². The van der Waals surface area contributed by atoms with E-state index in [-0.39, 0.29) is 5.15 Å². The SMILES string of the molecule is Clc1cc(Cl)c(Nc2ccc(I)cc2)nc1Cl. The second-order valence-electron chi connectivity index (χ2n) is 3.22. The maximum atomic E-state index is 6.01. The zero-order chi connectivity index (χ0) is 12.4. The van der Waals surface area contributed by atoms with Gasteiger partial charge in [0, 0.05) is 9.26 Å². The predicted octanol–water partition coefficient (Wildman–Crippen LogP) is 5.39. The second-order valence-corrected chi connectivity index (χ2v) is 5.64. The largest absolute Gasteiger partial charge is 0.339 e. The molecule has 88 valence electrons. The molecule has 1 N–H and O–H groups in total. The predicted molar refractivity (Wildman–Crippen MR) is 81.7 cm³/mol. The Labute approximate surface area is 127 Å². The number of nitrogens with zero attached hydrogens (tertiary/aromatic N) is 1. The average Bonchev–Trinajstić information content (AvgIpc) is 2.29. The molecule has 0 saturated heterocycles. The monoisotopic (exact) mass is 398 g/mol. The first-order valence-electron chi connectivity index (χ1n) is 4.60. The van der Waals surface area contributed by atoms with Gasteiger partial charge in [0.2, 0.25) is 0 Å². The number of halogens is 4. The molecule has 2 aromatic rings. The van der Waals surface area contributed by atoms with Gasteiger partial charge in [-0.2, -0.15) is 0 Å². The van der Waals surface area contributed by atoms with E-state index in [4.69, 9.17) is 34.8 Å². The molecular formula is C11H6Cl3IN2. The van der Waals surface area contributed by atoms with Crippen LogP contribution < -0.4 is 5.32 Å². The van der Waals surface area contributed by atoms with Crippen LogP contribution in [-0.4, -0.2) is 4.98 Å². The maximum absolute atomic E-state index is 6.01. The van der Waals surface area contributed by atoms with Crippen molar-refractivity contribution in [3.05, 3.63) is 49.1 Å². The first-order valence-corrected chi connectivity index (χ1v) is 6.81. The highest BCUT2D eigenvalue weighted by atomic mass is 127. The van der Waals surface area contributed by atoms with Crippen LogP contribution >= 0.6 is 57.4 Å². The van der Waals surface area contributed by atoms with E-state index >= 15 is 0 Å². The fraction of sp³-hybridized carbons (Fsp3) is 0. The molecule has 0 aliphatic rings. The molecule has 0 spiro atoms. The highest BCUT2D eigenvalue weighted by molar-refractivity contribution is 14.1. The molecule has 2 rings (SSSR count). The molecule has 0 amide bonds. The molecule has 1 aromatic carbocycles. The highest BCUT2D eigenvalue weighted by Gasteiger charge is 2.07. The van der Waals surface area contributed by atoms with Gasteiger partial charge < -0.3 is 5.32 Å². The Hall–Kier alpha value is -0.230. The first kappa shape index (κ1) is 13.2. The van der Waals surface area contributed by atoms with Gasteiger partial charge in [0.15, 0.2) is 5.82 Å². The maximum Gasteiger partial charge on any atom is 0.151 e. The highest BCUT2D eigenvalue weighted by Crippen LogP contribution is 2.30. The summed E-state index contributed by atoms with van der Waals surface area (Å²) in [5.74, 6) is 0.488. The molecule has 0 fully saturated rings. The number of benzene rings is 1. The van der Waals surface area contributed by atoms with Crippen LogP contribution in [0.3, 0.4) is 0 Å². The third kappa shape index (κ3) is 3.37. The van der Waals surface area contributed by atoms with Gasteiger partial charge in [0.1, 0.15) is 5.15 Å². The number of rotatable bonds is 2. The third-order valence-corrected chi connectivity index (χ3v) is 3.67. The van der Waals surface area contributed by atoms with Crippen molar-refractivity contribution in [1.29, 1.82) is 0 Å². The second kappa shape index (κ2) is 5.61. The average molecular weight is 399 g/mol. The summed E-state index contributed by atoms with van der Waals surface area (Å²) in [4.78, 5) is 4.08. The van der Waals surface area contributed by atoms with Crippen molar-refractivity contribution >= 4 is 68.9 Å². The minimum Gasteiger partial charge on any atom is -0.339 e. The molecule has 0 atom stereocenters. The molecule has 6 heteroatoms. The van der Waals surface area contributed by atoms with Crippen LogP contribution in [-0.2, 0) is 0 Å². The summed E-state index contributed by atoms with van der Waals surface area (Å²) in [5.41, 5.74) is 0.887. The van der Waals surface area contributed by atoms with Crippen LogP contribution in [0, 0.1) is 3.57 Å². The zero-order valence-electron chi connectivity index (χ0n) is 8.35. The Morgan fingerprint density at radius 1 is 1.00 bits per heavy atom. The lowest BCUT2D eigenvalue weighted by Gasteiger charge is -2.08. The van der Waals surface area contributed by atoms with Crippen LogP contribution in [0.2, 0.25) is 15.2 Å². The van der Waals surface area contributed by atoms with E-state index in [2.05, 4.69) is 32.9 Å². The minimum atomic E-state index is 0.226. The molecule has 17 heavy (non-hydrogen) atoms. The van der Waals surface area contributed by atoms with Gasteiger partial charge in [-0.25, -0.2) is 4.98 Å². The zero-order valence-corrected chi connectivity index (χ0v) is 12.8. The van der Waals surface area contributed by atoms with Gasteiger partial charge in [-0.15, -0.1) is 0 Å². The van der Waals surface area contributed by atoms with E-state index < -0.39 is 0 Å². The van der Waals surface area contributed by atoms with Gasteiger partial charge in [0.05, 0.1) is 10.0 Å². The van der Waals surface area contributed by atoms with Crippen molar-refractivity contribution < 1.29 is 0 Å². The molecular weight excluding hydrogens is 393 g/mol. The van der Waals surface area contributed by atoms with Gasteiger partial charge in [0.25, 0.3) is 0 Å². The number of pyridine rings is 1. The molecule has 0 aliphatic heterocycles. The minimum absolute atomic E-state index is 0.226. The van der Waals surface area contributed by atoms with Crippen molar-refractivity contribution in [3.63, 3.8) is 0 Å². The van der Waals surface area contributed by atoms with Crippen LogP contribution in [0.4, 0.5) is 11.5 Å². The Morgan fingerprint density at radius 3 is 2.29 bits per heavy atom. The Morgan fingerprint density at radius 2 is 1.65 bits per heavy atom. The molecule has 1 aromatic heterocycles. The number of hydrogen-bond donors (Lipinski definition) is 1. The Bertz CT molecular complexity index is 543. The number of aromatic nitrogens is 1. The summed E-state index contributed by atoms with van der Waals surface area (Å²) in [6.07, 6.45) is 0. The summed E-state index contributed by atoms with van der Waals surface area (Å²) in [7, 11) is 0. The molecule has 1 heterocycles. The summed E-state index contributed by atoms with van der Waals surface area (Å²) in [6.45, 7) is 0. The van der Waals surface area contributed by atoms with E-state index in [9.17, 15) is 0 Å². The first-order chi connectivity index (χ1) is 8.06. The lowest BCUT2D eigenvalue weighted by atomic mass is 10.3. The summed E-state index contributed by atoms with van der Waals surface area (Å²) < 4.78 is 1.15. The quantitative estimate of drug-likeness (QED) is 0.541. The fourth-order valence-electron chi connectivity index (χ4n) is 1.20. The Balaban J connectivity index is 2.30. The van der Waals surface area contributed by atoms with E-state index in [1.165, 1.54) is 0 Å². The van der Waals surface area contributed by atoms with Gasteiger partial charge >= 0.3 is 0 Å². The molecule has 0 aliphatic carbocycles. The fourth-order valence-corrected chi connectivity index (χ4v) is 2.11. The molecule has 0 saturated carbocycles. The molecule has 0 unspecified atom stereocenters. The van der Waals surface area contributed by atoms with E-state index in [0.717, 1.165) is 9.26 Å². The van der Waals surface area contributed by atoms with Crippen molar-refractivity contribution in [3.8, 4) is 0 Å². The normalized spacial score (nSPS) is 10.4. The Kier molecular flexibility index (Phi) is 4.36. The van der Waals surface area contributed by atoms with Crippen LogP contribution in [0.1, 0.15) is 0 Å². The molecule has 0 bridgehead atoms. The van der Waals surface area contributed by atoms with E-state index in [0.29, 0.717) is 15.9 Å². The van der Waals surface area contributed by atoms with Gasteiger partial charge in [-0.3, -0.25) is 0 Å². The topological polar surface area (TPSA) is 24.9 Å². The van der Waals surface area contributed by atoms with Crippen molar-refractivity contribution in [2.75, 3.05) is 5.32 Å². The van der Waals surface area contributed by atoms with Crippen LogP contribution in [0.5, 0.6) is 0 Å². The van der Waals surface area contributed by atoms with Crippen molar-refractivity contribution in [1.82, 2.24) is 4.98 Å². The number of anilines is 2. The van der Waals surface area contributed by atoms with Crippen LogP contribution in [0.15, 0.2) is 30.3 Å². The summed E-state index contributed by atoms with van der Waals surface area (Å²) in [5, 5.41) is 4.07. The smallest absolute Gasteiger partial charge is 0.151 e. The number of hydrogen-bond acceptors (Lipinski definition) is 2. The van der Waals surface area contributed by atoms with Gasteiger partial charge in [-0.05, 0) is 52.9 Å². The lowest BCUT2D eigenvalue weighted by molar-refractivity contribution is 1.31. The van der Waals surface area contributed by atoms with Crippen molar-refractivity contribution in [2.45, 2.75) is 0 Å². The standard InChI is InChI=1S/C11H6Cl3IN2/c12-8-5-9(13)11(17-10(8)14)16-7-3-1-6(15)2-4-7/h1-5H,(H,16,17). The van der Waals surface area contributed by atoms with Crippen LogP contribution in [0.25, 0.3) is 0 Å². The molecule has 2 nitrogen and oxygen atoms in total. The van der Waals surface area contributed by atoms with E-state index in [1.807, 2.05) is 24.3 Å². The van der Waals surface area contributed by atoms with Gasteiger partial charge in [-0.1, -0.05) is 34.8 Å². The molecule has 0 radical (unpaired) electrons. The third-order valence-electron chi connectivity index (χ3n) is 1.99. The lowest BCUT2D eigenvalue weighted by Crippen LogP contribution is -1.95. The summed E-state index contributed by atoms with van der Waals surface area (Å²) in [6, 6.07) is 9.39.